The summed E-state index contributed by atoms with van der Waals surface area (Å²) in [6.45, 7) is 4.21. The molecule has 4 nitrogen and oxygen atoms in total. The third-order valence-corrected chi connectivity index (χ3v) is 4.48. The quantitative estimate of drug-likeness (QED) is 0.874. The molecule has 1 aromatic carbocycles. The van der Waals surface area contributed by atoms with Gasteiger partial charge in [0.2, 0.25) is 0 Å². The highest BCUT2D eigenvalue weighted by atomic mass is 16.5. The molecule has 21 heavy (non-hydrogen) atoms. The number of aryl methyl sites for hydroxylation is 1. The van der Waals surface area contributed by atoms with Crippen LogP contribution in [0.3, 0.4) is 0 Å². The average Bonchev–Trinajstić information content (AvgIpc) is 2.47. The zero-order chi connectivity index (χ0) is 15.4. The highest BCUT2D eigenvalue weighted by Gasteiger charge is 2.26. The van der Waals surface area contributed by atoms with Crippen molar-refractivity contribution in [2.24, 2.45) is 5.92 Å². The fraction of sp³-hybridized carbons (Fsp3) is 0.588. The first-order valence-electron chi connectivity index (χ1n) is 7.64. The Morgan fingerprint density at radius 1 is 1.33 bits per heavy atom. The number of carbonyl (C=O) groups is 1. The molecule has 0 aromatic heterocycles. The van der Waals surface area contributed by atoms with Gasteiger partial charge in [-0.2, -0.15) is 0 Å². The van der Waals surface area contributed by atoms with Crippen LogP contribution in [0.25, 0.3) is 0 Å². The van der Waals surface area contributed by atoms with Crippen LogP contribution in [-0.2, 0) is 4.79 Å². The van der Waals surface area contributed by atoms with Crippen molar-refractivity contribution in [3.63, 3.8) is 0 Å². The lowest BCUT2D eigenvalue weighted by Gasteiger charge is -2.29. The number of benzene rings is 1. The first-order valence-corrected chi connectivity index (χ1v) is 7.64. The fourth-order valence-corrected chi connectivity index (χ4v) is 3.13. The third-order valence-electron chi connectivity index (χ3n) is 4.48. The van der Waals surface area contributed by atoms with Gasteiger partial charge in [0, 0.05) is 12.1 Å². The monoisotopic (exact) mass is 291 g/mol. The molecule has 1 aliphatic carbocycles. The molecule has 0 spiro atoms. The third kappa shape index (κ3) is 3.97. The van der Waals surface area contributed by atoms with Crippen LogP contribution >= 0.6 is 0 Å². The summed E-state index contributed by atoms with van der Waals surface area (Å²) in [5.74, 6) is 0.113. The lowest BCUT2D eigenvalue weighted by Crippen LogP contribution is -2.36. The molecule has 116 valence electrons. The maximum absolute atomic E-state index is 11.0. The number of ether oxygens (including phenoxy) is 1. The fourth-order valence-electron chi connectivity index (χ4n) is 3.13. The normalized spacial score (nSPS) is 23.6. The van der Waals surface area contributed by atoms with Crippen molar-refractivity contribution < 1.29 is 14.6 Å². The number of rotatable bonds is 5. The number of hydrogen-bond acceptors (Lipinski definition) is 3. The Hall–Kier alpha value is -1.55. The van der Waals surface area contributed by atoms with Crippen LogP contribution in [-0.4, -0.2) is 24.2 Å². The number of methoxy groups -OCH3 is 1. The number of hydrogen-bond donors (Lipinski definition) is 2. The zero-order valence-corrected chi connectivity index (χ0v) is 13.1. The Bertz CT molecular complexity index is 493. The van der Waals surface area contributed by atoms with E-state index in [9.17, 15) is 4.79 Å². The smallest absolute Gasteiger partial charge is 0.306 e. The Kier molecular flexibility index (Phi) is 5.23. The van der Waals surface area contributed by atoms with Crippen LogP contribution in [0.15, 0.2) is 18.2 Å². The van der Waals surface area contributed by atoms with Crippen LogP contribution in [0, 0.1) is 12.8 Å². The molecule has 4 heteroatoms. The second-order valence-electron chi connectivity index (χ2n) is 6.00. The standard InChI is InChI=1S/C17H25NO3/c1-11-10-14(6-9-16(11)21-3)12(2)18-15-7-4-13(5-8-15)17(19)20/h6,9-10,12-13,15,18H,4-5,7-8H2,1-3H3,(H,19,20)/t12-,13?,15?/m0/s1. The number of nitrogens with one attached hydrogen (secondary N) is 1. The molecule has 0 heterocycles. The minimum Gasteiger partial charge on any atom is -0.496 e. The van der Waals surface area contributed by atoms with E-state index in [1.54, 1.807) is 7.11 Å². The van der Waals surface area contributed by atoms with Gasteiger partial charge in [0.05, 0.1) is 13.0 Å². The summed E-state index contributed by atoms with van der Waals surface area (Å²) in [6, 6.07) is 6.93. The maximum Gasteiger partial charge on any atom is 0.306 e. The molecule has 1 fully saturated rings. The summed E-state index contributed by atoms with van der Waals surface area (Å²) in [4.78, 5) is 11.0. The number of carboxylic acid groups (broad SMARTS) is 1. The second kappa shape index (κ2) is 6.94. The summed E-state index contributed by atoms with van der Waals surface area (Å²) in [5, 5.41) is 12.7. The molecule has 2 N–H and O–H groups in total. The van der Waals surface area contributed by atoms with Crippen molar-refractivity contribution in [1.29, 1.82) is 0 Å². The Morgan fingerprint density at radius 2 is 2.00 bits per heavy atom. The molecule has 0 radical (unpaired) electrons. The molecular formula is C17H25NO3. The summed E-state index contributed by atoms with van der Waals surface area (Å²) >= 11 is 0. The van der Waals surface area contributed by atoms with Gasteiger partial charge in [-0.25, -0.2) is 0 Å². The van der Waals surface area contributed by atoms with Crippen molar-refractivity contribution in [2.75, 3.05) is 7.11 Å². The van der Waals surface area contributed by atoms with Gasteiger partial charge in [-0.1, -0.05) is 12.1 Å². The predicted molar refractivity (Wildman–Crippen MR) is 82.7 cm³/mol. The topological polar surface area (TPSA) is 58.6 Å². The lowest BCUT2D eigenvalue weighted by atomic mass is 9.85. The van der Waals surface area contributed by atoms with Gasteiger partial charge in [0.15, 0.2) is 0 Å². The van der Waals surface area contributed by atoms with E-state index in [1.165, 1.54) is 5.56 Å². The van der Waals surface area contributed by atoms with Crippen molar-refractivity contribution in [1.82, 2.24) is 5.32 Å². The number of carboxylic acids is 1. The van der Waals surface area contributed by atoms with Gasteiger partial charge in [0.25, 0.3) is 0 Å². The zero-order valence-electron chi connectivity index (χ0n) is 13.1. The van der Waals surface area contributed by atoms with E-state index in [0.717, 1.165) is 37.0 Å². The molecule has 0 saturated heterocycles. The van der Waals surface area contributed by atoms with Crippen LogP contribution in [0.4, 0.5) is 0 Å². The molecule has 1 saturated carbocycles. The molecule has 1 aromatic rings. The molecule has 1 atom stereocenters. The van der Waals surface area contributed by atoms with Gasteiger partial charge in [-0.15, -0.1) is 0 Å². The highest BCUT2D eigenvalue weighted by Crippen LogP contribution is 2.27. The molecule has 0 amide bonds. The summed E-state index contributed by atoms with van der Waals surface area (Å²) < 4.78 is 5.29. The molecule has 1 aliphatic rings. The Labute approximate surface area is 126 Å². The van der Waals surface area contributed by atoms with E-state index >= 15 is 0 Å². The average molecular weight is 291 g/mol. The van der Waals surface area contributed by atoms with Gasteiger partial charge >= 0.3 is 5.97 Å². The van der Waals surface area contributed by atoms with Gasteiger partial charge in [-0.3, -0.25) is 4.79 Å². The minimum absolute atomic E-state index is 0.151. The van der Waals surface area contributed by atoms with Gasteiger partial charge < -0.3 is 15.2 Å². The molecule has 0 unspecified atom stereocenters. The predicted octanol–water partition coefficient (Wildman–Crippen LogP) is 3.30. The number of aliphatic carboxylic acids is 1. The largest absolute Gasteiger partial charge is 0.496 e. The van der Waals surface area contributed by atoms with Gasteiger partial charge in [-0.05, 0) is 56.7 Å². The SMILES string of the molecule is COc1ccc([C@H](C)NC2CCC(C(=O)O)CC2)cc1C. The van der Waals surface area contributed by atoms with E-state index in [0.29, 0.717) is 6.04 Å². The van der Waals surface area contributed by atoms with E-state index in [-0.39, 0.29) is 12.0 Å². The molecule has 0 aliphatic heterocycles. The Morgan fingerprint density at radius 3 is 2.52 bits per heavy atom. The minimum atomic E-state index is -0.646. The second-order valence-corrected chi connectivity index (χ2v) is 6.00. The van der Waals surface area contributed by atoms with E-state index in [4.69, 9.17) is 9.84 Å². The van der Waals surface area contributed by atoms with Gasteiger partial charge in [0.1, 0.15) is 5.75 Å². The first-order chi connectivity index (χ1) is 10.0. The maximum atomic E-state index is 11.0. The van der Waals surface area contributed by atoms with Crippen molar-refractivity contribution in [2.45, 2.75) is 51.6 Å². The summed E-state index contributed by atoms with van der Waals surface area (Å²) in [7, 11) is 1.69. The van der Waals surface area contributed by atoms with Crippen LogP contribution in [0.1, 0.15) is 49.8 Å². The Balaban J connectivity index is 1.91. The summed E-state index contributed by atoms with van der Waals surface area (Å²) in [5.41, 5.74) is 2.38. The highest BCUT2D eigenvalue weighted by molar-refractivity contribution is 5.70. The molecular weight excluding hydrogens is 266 g/mol. The summed E-state index contributed by atoms with van der Waals surface area (Å²) in [6.07, 6.45) is 3.44. The molecule has 2 rings (SSSR count). The van der Waals surface area contributed by atoms with E-state index in [1.807, 2.05) is 13.0 Å². The van der Waals surface area contributed by atoms with Crippen LogP contribution in [0.2, 0.25) is 0 Å². The van der Waals surface area contributed by atoms with Crippen molar-refractivity contribution in [3.8, 4) is 5.75 Å². The lowest BCUT2D eigenvalue weighted by molar-refractivity contribution is -0.142. The van der Waals surface area contributed by atoms with Crippen LogP contribution < -0.4 is 10.1 Å². The van der Waals surface area contributed by atoms with Crippen molar-refractivity contribution >= 4 is 5.97 Å². The van der Waals surface area contributed by atoms with E-state index < -0.39 is 5.97 Å². The van der Waals surface area contributed by atoms with E-state index in [2.05, 4.69) is 24.4 Å². The molecule has 0 bridgehead atoms. The van der Waals surface area contributed by atoms with Crippen molar-refractivity contribution in [3.05, 3.63) is 29.3 Å². The first kappa shape index (κ1) is 15.8. The van der Waals surface area contributed by atoms with Crippen LogP contribution in [0.5, 0.6) is 5.75 Å².